The highest BCUT2D eigenvalue weighted by atomic mass is 35.5. The van der Waals surface area contributed by atoms with Crippen molar-refractivity contribution in [2.45, 2.75) is 38.1 Å². The van der Waals surface area contributed by atoms with Crippen LogP contribution in [-0.2, 0) is 0 Å². The van der Waals surface area contributed by atoms with Crippen LogP contribution in [0.25, 0.3) is 0 Å². The summed E-state index contributed by atoms with van der Waals surface area (Å²) in [5.74, 6) is 0.252. The minimum absolute atomic E-state index is 0.0487. The van der Waals surface area contributed by atoms with Crippen LogP contribution in [0.1, 0.15) is 42.5 Å². The molecule has 1 aliphatic heterocycles. The van der Waals surface area contributed by atoms with Crippen molar-refractivity contribution >= 4 is 23.2 Å². The lowest BCUT2D eigenvalue weighted by atomic mass is 9.91. The smallest absolute Gasteiger partial charge is 0.319 e. The number of carbonyl (C=O) groups is 1. The number of hydrogen-bond donors (Lipinski definition) is 0. The number of pyridine rings is 1. The molecule has 1 saturated heterocycles. The Balaban J connectivity index is 1.95. The zero-order valence-electron chi connectivity index (χ0n) is 11.5. The minimum Gasteiger partial charge on any atom is -0.335 e. The molecule has 2 heterocycles. The van der Waals surface area contributed by atoms with Crippen LogP contribution in [0, 0.1) is 16.0 Å². The molecule has 1 amide bonds. The molecule has 6 nitrogen and oxygen atoms in total. The first kappa shape index (κ1) is 14.3. The summed E-state index contributed by atoms with van der Waals surface area (Å²) in [5.41, 5.74) is -0.336. The van der Waals surface area contributed by atoms with E-state index >= 15 is 0 Å². The van der Waals surface area contributed by atoms with E-state index in [-0.39, 0.29) is 28.4 Å². The molecule has 1 aliphatic carbocycles. The van der Waals surface area contributed by atoms with Crippen molar-refractivity contribution in [2.75, 3.05) is 6.54 Å². The first-order valence-corrected chi connectivity index (χ1v) is 7.57. The largest absolute Gasteiger partial charge is 0.335 e. The number of nitrogens with zero attached hydrogens (tertiary/aromatic N) is 3. The maximum Gasteiger partial charge on any atom is 0.319 e. The Hall–Kier alpha value is -1.69. The van der Waals surface area contributed by atoms with E-state index < -0.39 is 4.92 Å². The van der Waals surface area contributed by atoms with Crippen LogP contribution in [0.5, 0.6) is 0 Å². The Morgan fingerprint density at radius 2 is 2.14 bits per heavy atom. The van der Waals surface area contributed by atoms with Crippen molar-refractivity contribution < 1.29 is 9.72 Å². The lowest BCUT2D eigenvalue weighted by Gasteiger charge is -2.37. The second kappa shape index (κ2) is 5.60. The van der Waals surface area contributed by atoms with Gasteiger partial charge in [0, 0.05) is 18.8 Å². The molecule has 0 spiro atoms. The van der Waals surface area contributed by atoms with Gasteiger partial charge in [-0.2, -0.15) is 0 Å². The molecule has 2 atom stereocenters. The monoisotopic (exact) mass is 309 g/mol. The highest BCUT2D eigenvalue weighted by Crippen LogP contribution is 2.38. The Labute approximate surface area is 127 Å². The number of likely N-dealkylation sites (tertiary alicyclic amines) is 1. The van der Waals surface area contributed by atoms with Gasteiger partial charge in [-0.3, -0.25) is 14.9 Å². The molecule has 0 aromatic carbocycles. The fourth-order valence-electron chi connectivity index (χ4n) is 3.64. The van der Waals surface area contributed by atoms with Crippen molar-refractivity contribution in [1.82, 2.24) is 9.88 Å². The SMILES string of the molecule is O=C(c1ccnc(Cl)c1[N+](=O)[O-])N1CCCC2CCCC21. The summed E-state index contributed by atoms with van der Waals surface area (Å²) in [5, 5.41) is 10.9. The number of hydrogen-bond acceptors (Lipinski definition) is 4. The molecule has 2 aliphatic rings. The molecule has 2 fully saturated rings. The summed E-state index contributed by atoms with van der Waals surface area (Å²) >= 11 is 5.80. The number of fused-ring (bicyclic) bond motifs is 1. The van der Waals surface area contributed by atoms with Gasteiger partial charge in [-0.1, -0.05) is 18.0 Å². The minimum atomic E-state index is -0.626. The van der Waals surface area contributed by atoms with Gasteiger partial charge < -0.3 is 4.90 Å². The van der Waals surface area contributed by atoms with E-state index in [0.717, 1.165) is 32.1 Å². The third-order valence-electron chi connectivity index (χ3n) is 4.55. The summed E-state index contributed by atoms with van der Waals surface area (Å²) in [6.07, 6.45) is 6.71. The predicted octanol–water partition coefficient (Wildman–Crippen LogP) is 3.05. The standard InChI is InChI=1S/C14H16ClN3O3/c15-13-12(18(20)21)10(6-7-16-13)14(19)17-8-2-4-9-3-1-5-11(9)17/h6-7,9,11H,1-5,8H2. The molecule has 112 valence electrons. The van der Waals surface area contributed by atoms with Crippen molar-refractivity contribution in [3.05, 3.63) is 33.1 Å². The molecule has 21 heavy (non-hydrogen) atoms. The lowest BCUT2D eigenvalue weighted by Crippen LogP contribution is -2.46. The number of rotatable bonds is 2. The predicted molar refractivity (Wildman–Crippen MR) is 77.3 cm³/mol. The fourth-order valence-corrected chi connectivity index (χ4v) is 3.86. The molecular weight excluding hydrogens is 294 g/mol. The number of nitro groups is 1. The van der Waals surface area contributed by atoms with Gasteiger partial charge in [0.1, 0.15) is 5.56 Å². The Kier molecular flexibility index (Phi) is 3.80. The maximum atomic E-state index is 12.8. The molecular formula is C14H16ClN3O3. The van der Waals surface area contributed by atoms with E-state index in [0.29, 0.717) is 12.5 Å². The van der Waals surface area contributed by atoms with Crippen LogP contribution in [0.2, 0.25) is 5.15 Å². The summed E-state index contributed by atoms with van der Waals surface area (Å²) in [6.45, 7) is 0.664. The fraction of sp³-hybridized carbons (Fsp3) is 0.571. The molecule has 1 aromatic rings. The van der Waals surface area contributed by atoms with Gasteiger partial charge in [-0.25, -0.2) is 4.98 Å². The third-order valence-corrected chi connectivity index (χ3v) is 4.82. The highest BCUT2D eigenvalue weighted by molar-refractivity contribution is 6.32. The van der Waals surface area contributed by atoms with Crippen LogP contribution in [0.4, 0.5) is 5.69 Å². The molecule has 0 radical (unpaired) electrons. The van der Waals surface area contributed by atoms with Crippen molar-refractivity contribution in [2.24, 2.45) is 5.92 Å². The summed E-state index contributed by atoms with van der Waals surface area (Å²) in [4.78, 5) is 28.8. The first-order valence-electron chi connectivity index (χ1n) is 7.19. The van der Waals surface area contributed by atoms with E-state index in [9.17, 15) is 14.9 Å². The Morgan fingerprint density at radius 1 is 1.38 bits per heavy atom. The second-order valence-corrected chi connectivity index (χ2v) is 6.01. The van der Waals surface area contributed by atoms with Gasteiger partial charge in [0.05, 0.1) is 4.92 Å². The molecule has 0 bridgehead atoms. The van der Waals surface area contributed by atoms with Crippen molar-refractivity contribution in [3.8, 4) is 0 Å². The first-order chi connectivity index (χ1) is 10.1. The average Bonchev–Trinajstić information content (AvgIpc) is 2.94. The van der Waals surface area contributed by atoms with E-state index in [1.54, 1.807) is 4.90 Å². The van der Waals surface area contributed by atoms with Crippen LogP contribution >= 0.6 is 11.6 Å². The van der Waals surface area contributed by atoms with Crippen LogP contribution < -0.4 is 0 Å². The van der Waals surface area contributed by atoms with Gasteiger partial charge in [0.15, 0.2) is 0 Å². The third kappa shape index (κ3) is 2.48. The van der Waals surface area contributed by atoms with Crippen LogP contribution in [0.15, 0.2) is 12.3 Å². The number of amides is 1. The molecule has 7 heteroatoms. The van der Waals surface area contributed by atoms with Gasteiger partial charge in [0.25, 0.3) is 5.91 Å². The lowest BCUT2D eigenvalue weighted by molar-refractivity contribution is -0.385. The molecule has 1 saturated carbocycles. The number of halogens is 1. The zero-order valence-corrected chi connectivity index (χ0v) is 12.3. The maximum absolute atomic E-state index is 12.8. The van der Waals surface area contributed by atoms with Gasteiger partial charge >= 0.3 is 5.69 Å². The van der Waals surface area contributed by atoms with Crippen LogP contribution in [0.3, 0.4) is 0 Å². The number of piperidine rings is 1. The van der Waals surface area contributed by atoms with Crippen LogP contribution in [-0.4, -0.2) is 33.3 Å². The molecule has 1 aromatic heterocycles. The highest BCUT2D eigenvalue weighted by Gasteiger charge is 2.39. The second-order valence-electron chi connectivity index (χ2n) is 5.65. The van der Waals surface area contributed by atoms with Crippen molar-refractivity contribution in [3.63, 3.8) is 0 Å². The van der Waals surface area contributed by atoms with E-state index in [1.807, 2.05) is 0 Å². The van der Waals surface area contributed by atoms with Gasteiger partial charge in [0.2, 0.25) is 5.15 Å². The normalized spacial score (nSPS) is 24.7. The summed E-state index contributed by atoms with van der Waals surface area (Å²) in [6, 6.07) is 1.61. The van der Waals surface area contributed by atoms with E-state index in [4.69, 9.17) is 11.6 Å². The summed E-state index contributed by atoms with van der Waals surface area (Å²) in [7, 11) is 0. The molecule has 0 N–H and O–H groups in total. The summed E-state index contributed by atoms with van der Waals surface area (Å²) < 4.78 is 0. The van der Waals surface area contributed by atoms with Gasteiger partial charge in [-0.05, 0) is 37.7 Å². The quantitative estimate of drug-likeness (QED) is 0.478. The molecule has 2 unspecified atom stereocenters. The zero-order chi connectivity index (χ0) is 15.0. The van der Waals surface area contributed by atoms with E-state index in [2.05, 4.69) is 4.98 Å². The number of carbonyl (C=O) groups excluding carboxylic acids is 1. The molecule has 3 rings (SSSR count). The van der Waals surface area contributed by atoms with Gasteiger partial charge in [-0.15, -0.1) is 0 Å². The Bertz CT molecular complexity index is 593. The number of aromatic nitrogens is 1. The topological polar surface area (TPSA) is 76.3 Å². The van der Waals surface area contributed by atoms with Crippen molar-refractivity contribution in [1.29, 1.82) is 0 Å². The van der Waals surface area contributed by atoms with E-state index in [1.165, 1.54) is 12.3 Å². The Morgan fingerprint density at radius 3 is 2.90 bits per heavy atom. The average molecular weight is 310 g/mol.